The maximum Gasteiger partial charge on any atom is 0.231 e. The van der Waals surface area contributed by atoms with Gasteiger partial charge in [-0.15, -0.1) is 0 Å². The third-order valence-corrected chi connectivity index (χ3v) is 8.10. The summed E-state index contributed by atoms with van der Waals surface area (Å²) in [6.45, 7) is 6.10. The molecule has 7 heteroatoms. The number of nitrogens with zero attached hydrogens (tertiary/aromatic N) is 1. The van der Waals surface area contributed by atoms with Crippen molar-refractivity contribution < 1.29 is 23.5 Å². The van der Waals surface area contributed by atoms with E-state index >= 15 is 0 Å². The van der Waals surface area contributed by atoms with Crippen LogP contribution in [0.5, 0.6) is 0 Å². The Morgan fingerprint density at radius 3 is 2.62 bits per heavy atom. The fourth-order valence-corrected chi connectivity index (χ4v) is 6.44. The number of anilines is 1. The number of furan rings is 1. The molecule has 5 heterocycles. The molecule has 0 aliphatic carbocycles. The highest BCUT2D eigenvalue weighted by atomic mass is 16.5. The van der Waals surface area contributed by atoms with E-state index < -0.39 is 41.5 Å². The Labute approximate surface area is 198 Å². The SMILES string of the molecule is CC(C)c1ccc(NC(=O)C2C3C=C[C@@]4(O3)C3C(C)C(=O)CC(c5ccco5)N3C(=O)[C@H]24)cc1. The van der Waals surface area contributed by atoms with Gasteiger partial charge in [0.2, 0.25) is 11.8 Å². The molecule has 3 saturated heterocycles. The van der Waals surface area contributed by atoms with Crippen molar-refractivity contribution in [3.05, 3.63) is 66.1 Å². The van der Waals surface area contributed by atoms with Crippen molar-refractivity contribution in [2.75, 3.05) is 5.32 Å². The zero-order valence-electron chi connectivity index (χ0n) is 19.4. The van der Waals surface area contributed by atoms with Gasteiger partial charge in [0.15, 0.2) is 0 Å². The quantitative estimate of drug-likeness (QED) is 0.701. The van der Waals surface area contributed by atoms with Crippen molar-refractivity contribution in [3.8, 4) is 0 Å². The average Bonchev–Trinajstić information content (AvgIpc) is 3.59. The van der Waals surface area contributed by atoms with E-state index in [0.717, 1.165) is 0 Å². The van der Waals surface area contributed by atoms with E-state index in [4.69, 9.17) is 9.15 Å². The van der Waals surface area contributed by atoms with Gasteiger partial charge in [-0.05, 0) is 35.7 Å². The molecule has 7 atom stereocenters. The number of nitrogens with one attached hydrogen (secondary N) is 1. The Balaban J connectivity index is 1.34. The summed E-state index contributed by atoms with van der Waals surface area (Å²) in [7, 11) is 0. The lowest BCUT2D eigenvalue weighted by atomic mass is 9.70. The third kappa shape index (κ3) is 2.83. The molecule has 0 radical (unpaired) electrons. The summed E-state index contributed by atoms with van der Waals surface area (Å²) < 4.78 is 12.0. The Bertz CT molecular complexity index is 1180. The van der Waals surface area contributed by atoms with E-state index in [1.54, 1.807) is 23.3 Å². The second kappa shape index (κ2) is 7.40. The molecule has 2 aromatic rings. The summed E-state index contributed by atoms with van der Waals surface area (Å²) in [5.74, 6) is -1.05. The number of ketones is 1. The molecule has 5 unspecified atom stereocenters. The van der Waals surface area contributed by atoms with Gasteiger partial charge in [0, 0.05) is 18.0 Å². The van der Waals surface area contributed by atoms with Crippen LogP contribution in [0, 0.1) is 17.8 Å². The number of hydrogen-bond donors (Lipinski definition) is 1. The molecule has 1 N–H and O–H groups in total. The molecular weight excluding hydrogens is 432 g/mol. The molecule has 6 rings (SSSR count). The summed E-state index contributed by atoms with van der Waals surface area (Å²) >= 11 is 0. The number of Topliss-reactive ketones (excluding diaryl/α,β-unsaturated/α-hetero) is 1. The first-order chi connectivity index (χ1) is 16.3. The number of carbonyl (C=O) groups excluding carboxylic acids is 3. The van der Waals surface area contributed by atoms with Crippen LogP contribution in [0.2, 0.25) is 0 Å². The molecule has 1 aromatic heterocycles. The Morgan fingerprint density at radius 1 is 1.18 bits per heavy atom. The number of hydrogen-bond acceptors (Lipinski definition) is 5. The number of fused-ring (bicyclic) bond motifs is 2. The molecule has 176 valence electrons. The van der Waals surface area contributed by atoms with Crippen LogP contribution < -0.4 is 5.32 Å². The molecule has 2 bridgehead atoms. The van der Waals surface area contributed by atoms with Crippen LogP contribution in [0.4, 0.5) is 5.69 Å². The maximum atomic E-state index is 13.9. The van der Waals surface area contributed by atoms with Crippen molar-refractivity contribution in [3.63, 3.8) is 0 Å². The van der Waals surface area contributed by atoms with Gasteiger partial charge in [0.25, 0.3) is 0 Å². The van der Waals surface area contributed by atoms with Crippen molar-refractivity contribution in [1.82, 2.24) is 4.90 Å². The summed E-state index contributed by atoms with van der Waals surface area (Å²) in [4.78, 5) is 42.2. The Kier molecular flexibility index (Phi) is 4.65. The minimum Gasteiger partial charge on any atom is -0.467 e. The lowest BCUT2D eigenvalue weighted by molar-refractivity contribution is -0.147. The van der Waals surface area contributed by atoms with E-state index in [1.807, 2.05) is 43.3 Å². The highest BCUT2D eigenvalue weighted by Gasteiger charge is 2.74. The predicted molar refractivity (Wildman–Crippen MR) is 124 cm³/mol. The fraction of sp³-hybridized carbons (Fsp3) is 0.444. The second-order valence-electron chi connectivity index (χ2n) is 10.2. The zero-order valence-corrected chi connectivity index (χ0v) is 19.4. The summed E-state index contributed by atoms with van der Waals surface area (Å²) in [6, 6.07) is 10.4. The molecule has 2 amide bonds. The highest BCUT2D eigenvalue weighted by Crippen LogP contribution is 2.60. The van der Waals surface area contributed by atoms with E-state index in [1.165, 1.54) is 5.56 Å². The van der Waals surface area contributed by atoms with Crippen LogP contribution in [-0.4, -0.2) is 40.2 Å². The maximum absolute atomic E-state index is 13.9. The molecule has 0 saturated carbocycles. The van der Waals surface area contributed by atoms with Gasteiger partial charge in [0.05, 0.1) is 36.3 Å². The van der Waals surface area contributed by atoms with Gasteiger partial charge in [-0.25, -0.2) is 0 Å². The zero-order chi connectivity index (χ0) is 23.8. The normalized spacial score (nSPS) is 35.7. The predicted octanol–water partition coefficient (Wildman–Crippen LogP) is 3.84. The van der Waals surface area contributed by atoms with Crippen molar-refractivity contribution >= 4 is 23.3 Å². The molecule has 7 nitrogen and oxygen atoms in total. The third-order valence-electron chi connectivity index (χ3n) is 8.10. The largest absolute Gasteiger partial charge is 0.467 e. The summed E-state index contributed by atoms with van der Waals surface area (Å²) in [5.41, 5.74) is 0.898. The van der Waals surface area contributed by atoms with Gasteiger partial charge in [0.1, 0.15) is 17.1 Å². The van der Waals surface area contributed by atoms with Gasteiger partial charge < -0.3 is 19.4 Å². The molecule has 1 aromatic carbocycles. The first-order valence-electron chi connectivity index (χ1n) is 12.0. The molecule has 34 heavy (non-hydrogen) atoms. The minimum absolute atomic E-state index is 0.0732. The number of rotatable bonds is 4. The topological polar surface area (TPSA) is 88.8 Å². The minimum atomic E-state index is -0.981. The second-order valence-corrected chi connectivity index (χ2v) is 10.2. The van der Waals surface area contributed by atoms with E-state index in [2.05, 4.69) is 19.2 Å². The Morgan fingerprint density at radius 2 is 1.94 bits per heavy atom. The standard InChI is InChI=1S/C27H28N2O5/c1-14(2)16-6-8-17(9-7-16)28-25(31)22-21-10-11-27(34-21)23(22)26(32)29-18(20-5-4-12-33-20)13-19(30)15(3)24(27)29/h4-12,14-15,18,21-24H,13H2,1-3H3,(H,28,31)/t15?,18?,21?,22?,23-,24?,27-/m0/s1. The molecule has 3 fully saturated rings. The molecule has 1 spiro atoms. The Hall–Kier alpha value is -3.19. The monoisotopic (exact) mass is 460 g/mol. The van der Waals surface area contributed by atoms with Gasteiger partial charge >= 0.3 is 0 Å². The average molecular weight is 461 g/mol. The number of piperidine rings is 1. The van der Waals surface area contributed by atoms with E-state index in [-0.39, 0.29) is 24.0 Å². The van der Waals surface area contributed by atoms with Crippen LogP contribution in [0.3, 0.4) is 0 Å². The van der Waals surface area contributed by atoms with Gasteiger partial charge in [-0.1, -0.05) is 45.1 Å². The van der Waals surface area contributed by atoms with Crippen LogP contribution in [-0.2, 0) is 19.1 Å². The first-order valence-corrected chi connectivity index (χ1v) is 12.0. The van der Waals surface area contributed by atoms with Crippen LogP contribution in [0.25, 0.3) is 0 Å². The fourth-order valence-electron chi connectivity index (χ4n) is 6.44. The number of amides is 2. The number of benzene rings is 1. The van der Waals surface area contributed by atoms with Crippen molar-refractivity contribution in [2.45, 2.75) is 56.9 Å². The van der Waals surface area contributed by atoms with Crippen LogP contribution in [0.1, 0.15) is 50.5 Å². The summed E-state index contributed by atoms with van der Waals surface area (Å²) in [5, 5.41) is 3.00. The number of ether oxygens (including phenoxy) is 1. The lowest BCUT2D eigenvalue weighted by Crippen LogP contribution is -2.55. The molecule has 4 aliphatic heterocycles. The lowest BCUT2D eigenvalue weighted by Gasteiger charge is -2.43. The van der Waals surface area contributed by atoms with Crippen LogP contribution in [0.15, 0.2) is 59.2 Å². The number of carbonyl (C=O) groups is 3. The van der Waals surface area contributed by atoms with Gasteiger partial charge in [-0.3, -0.25) is 14.4 Å². The van der Waals surface area contributed by atoms with Gasteiger partial charge in [-0.2, -0.15) is 0 Å². The summed E-state index contributed by atoms with van der Waals surface area (Å²) in [6.07, 6.45) is 5.06. The van der Waals surface area contributed by atoms with Crippen LogP contribution >= 0.6 is 0 Å². The first kappa shape index (κ1) is 21.4. The van der Waals surface area contributed by atoms with Crippen molar-refractivity contribution in [1.29, 1.82) is 0 Å². The van der Waals surface area contributed by atoms with E-state index in [9.17, 15) is 14.4 Å². The highest BCUT2D eigenvalue weighted by molar-refractivity contribution is 6.00. The molecule has 4 aliphatic rings. The smallest absolute Gasteiger partial charge is 0.231 e. The van der Waals surface area contributed by atoms with E-state index in [0.29, 0.717) is 17.4 Å². The molecular formula is C27H28N2O5. The van der Waals surface area contributed by atoms with Crippen molar-refractivity contribution in [2.24, 2.45) is 17.8 Å².